The van der Waals surface area contributed by atoms with E-state index in [1.165, 1.54) is 12.8 Å². The number of hydrogen-bond acceptors (Lipinski definition) is 4. The van der Waals surface area contributed by atoms with Crippen LogP contribution in [0.15, 0.2) is 23.6 Å². The van der Waals surface area contributed by atoms with Crippen molar-refractivity contribution in [1.29, 1.82) is 0 Å². The summed E-state index contributed by atoms with van der Waals surface area (Å²) in [5, 5.41) is 6.58. The molecule has 2 aromatic rings. The molecule has 6 heteroatoms. The van der Waals surface area contributed by atoms with Gasteiger partial charge in [-0.3, -0.25) is 9.48 Å². The van der Waals surface area contributed by atoms with E-state index in [0.29, 0.717) is 11.7 Å². The molecule has 0 radical (unpaired) electrons. The molecule has 2 heterocycles. The molecule has 0 saturated heterocycles. The first-order valence-corrected chi connectivity index (χ1v) is 10.3. The number of amides is 1. The summed E-state index contributed by atoms with van der Waals surface area (Å²) < 4.78 is 1.73. The highest BCUT2D eigenvalue weighted by atomic mass is 32.1. The van der Waals surface area contributed by atoms with E-state index in [0.717, 1.165) is 41.3 Å². The standard InChI is InChI=1S/C20H28N4OS/c1-22(2)15-8-13-10-16(11-14(13)9-15)23(3)20(25)18-12-17(21-24(18)4)19-6-5-7-26-19/h5-7,12-16H,8-11H2,1-4H3/t13-,14+,15?,16?. The number of rotatable bonds is 4. The molecule has 0 spiro atoms. The molecule has 2 aliphatic carbocycles. The van der Waals surface area contributed by atoms with Gasteiger partial charge in [-0.2, -0.15) is 5.10 Å². The Morgan fingerprint density at radius 2 is 1.81 bits per heavy atom. The molecule has 2 saturated carbocycles. The SMILES string of the molecule is CN(C)C1C[C@@H]2CC(N(C)C(=O)c3cc(-c4cccs4)nn3C)C[C@@H]2C1. The van der Waals surface area contributed by atoms with Crippen LogP contribution in [0.5, 0.6) is 0 Å². The zero-order valence-corrected chi connectivity index (χ0v) is 16.9. The Kier molecular flexibility index (Phi) is 4.65. The minimum absolute atomic E-state index is 0.0944. The van der Waals surface area contributed by atoms with Crippen molar-refractivity contribution in [3.8, 4) is 10.6 Å². The molecule has 4 rings (SSSR count). The Morgan fingerprint density at radius 1 is 1.15 bits per heavy atom. The Labute approximate surface area is 159 Å². The van der Waals surface area contributed by atoms with E-state index < -0.39 is 0 Å². The van der Waals surface area contributed by atoms with E-state index in [9.17, 15) is 4.79 Å². The molecule has 2 fully saturated rings. The van der Waals surface area contributed by atoms with Gasteiger partial charge >= 0.3 is 0 Å². The Balaban J connectivity index is 1.45. The lowest BCUT2D eigenvalue weighted by molar-refractivity contribution is 0.0715. The van der Waals surface area contributed by atoms with Crippen LogP contribution >= 0.6 is 11.3 Å². The topological polar surface area (TPSA) is 41.4 Å². The van der Waals surface area contributed by atoms with Crippen molar-refractivity contribution < 1.29 is 4.79 Å². The molecule has 0 aromatic carbocycles. The molecule has 140 valence electrons. The number of carbonyl (C=O) groups is 1. The number of thiophene rings is 1. The molecule has 0 aliphatic heterocycles. The summed E-state index contributed by atoms with van der Waals surface area (Å²) in [6, 6.07) is 7.08. The van der Waals surface area contributed by atoms with Crippen molar-refractivity contribution in [3.05, 3.63) is 29.3 Å². The summed E-state index contributed by atoms with van der Waals surface area (Å²) in [5.41, 5.74) is 1.57. The molecule has 26 heavy (non-hydrogen) atoms. The van der Waals surface area contributed by atoms with Gasteiger partial charge in [-0.1, -0.05) is 6.07 Å². The average Bonchev–Trinajstić information content (AvgIpc) is 3.35. The zero-order valence-electron chi connectivity index (χ0n) is 16.1. The average molecular weight is 373 g/mol. The largest absolute Gasteiger partial charge is 0.337 e. The fourth-order valence-electron chi connectivity index (χ4n) is 4.85. The van der Waals surface area contributed by atoms with Gasteiger partial charge in [0.25, 0.3) is 5.91 Å². The van der Waals surface area contributed by atoms with Gasteiger partial charge < -0.3 is 9.80 Å². The molecule has 5 nitrogen and oxygen atoms in total. The highest BCUT2D eigenvalue weighted by Crippen LogP contribution is 2.46. The van der Waals surface area contributed by atoms with E-state index in [-0.39, 0.29) is 5.91 Å². The first-order valence-electron chi connectivity index (χ1n) is 9.45. The summed E-state index contributed by atoms with van der Waals surface area (Å²) in [4.78, 5) is 18.5. The van der Waals surface area contributed by atoms with Gasteiger partial charge in [0.1, 0.15) is 11.4 Å². The Hall–Kier alpha value is -1.66. The second-order valence-electron chi connectivity index (χ2n) is 8.17. The monoisotopic (exact) mass is 372 g/mol. The van der Waals surface area contributed by atoms with Crippen LogP contribution in [-0.2, 0) is 7.05 Å². The van der Waals surface area contributed by atoms with Crippen molar-refractivity contribution >= 4 is 17.2 Å². The van der Waals surface area contributed by atoms with Crippen LogP contribution in [0.2, 0.25) is 0 Å². The third-order valence-corrected chi connectivity index (χ3v) is 7.33. The molecule has 2 aromatic heterocycles. The second-order valence-corrected chi connectivity index (χ2v) is 9.11. The number of aryl methyl sites for hydroxylation is 1. The number of hydrogen-bond donors (Lipinski definition) is 0. The Bertz CT molecular complexity index is 768. The minimum Gasteiger partial charge on any atom is -0.337 e. The highest BCUT2D eigenvalue weighted by molar-refractivity contribution is 7.13. The molecule has 2 unspecified atom stereocenters. The fourth-order valence-corrected chi connectivity index (χ4v) is 5.53. The summed E-state index contributed by atoms with van der Waals surface area (Å²) in [7, 11) is 8.21. The fraction of sp³-hybridized carbons (Fsp3) is 0.600. The van der Waals surface area contributed by atoms with Crippen LogP contribution in [-0.4, -0.2) is 58.7 Å². The molecule has 1 amide bonds. The number of fused-ring (bicyclic) bond motifs is 1. The zero-order chi connectivity index (χ0) is 18.4. The van der Waals surface area contributed by atoms with Gasteiger partial charge in [0.15, 0.2) is 0 Å². The van der Waals surface area contributed by atoms with Gasteiger partial charge in [-0.15, -0.1) is 11.3 Å². The van der Waals surface area contributed by atoms with Crippen molar-refractivity contribution in [2.24, 2.45) is 18.9 Å². The van der Waals surface area contributed by atoms with Crippen molar-refractivity contribution in [2.75, 3.05) is 21.1 Å². The highest BCUT2D eigenvalue weighted by Gasteiger charge is 2.44. The van der Waals surface area contributed by atoms with E-state index >= 15 is 0 Å². The summed E-state index contributed by atoms with van der Waals surface area (Å²) >= 11 is 1.65. The maximum absolute atomic E-state index is 13.1. The lowest BCUT2D eigenvalue weighted by Gasteiger charge is -2.27. The van der Waals surface area contributed by atoms with E-state index in [2.05, 4.69) is 24.1 Å². The van der Waals surface area contributed by atoms with E-state index in [1.807, 2.05) is 42.6 Å². The third kappa shape index (κ3) is 3.09. The lowest BCUT2D eigenvalue weighted by atomic mass is 10.0. The normalized spacial score (nSPS) is 27.9. The second kappa shape index (κ2) is 6.82. The first kappa shape index (κ1) is 17.7. The Morgan fingerprint density at radius 3 is 2.38 bits per heavy atom. The summed E-state index contributed by atoms with van der Waals surface area (Å²) in [6.07, 6.45) is 4.86. The third-order valence-electron chi connectivity index (χ3n) is 6.44. The van der Waals surface area contributed by atoms with Crippen LogP contribution < -0.4 is 0 Å². The minimum atomic E-state index is 0.0944. The van der Waals surface area contributed by atoms with Crippen LogP contribution in [0.25, 0.3) is 10.6 Å². The maximum atomic E-state index is 13.1. The van der Waals surface area contributed by atoms with E-state index in [4.69, 9.17) is 0 Å². The van der Waals surface area contributed by atoms with Crippen LogP contribution in [0.1, 0.15) is 36.2 Å². The van der Waals surface area contributed by atoms with Gasteiger partial charge in [0, 0.05) is 26.2 Å². The summed E-state index contributed by atoms with van der Waals surface area (Å²) in [5.74, 6) is 1.64. The smallest absolute Gasteiger partial charge is 0.272 e. The molecule has 0 bridgehead atoms. The maximum Gasteiger partial charge on any atom is 0.272 e. The van der Waals surface area contributed by atoms with E-state index in [1.54, 1.807) is 16.0 Å². The van der Waals surface area contributed by atoms with Crippen molar-refractivity contribution in [2.45, 2.75) is 37.8 Å². The molecule has 2 aliphatic rings. The van der Waals surface area contributed by atoms with Gasteiger partial charge in [0.2, 0.25) is 0 Å². The molecular formula is C20H28N4OS. The predicted molar refractivity (Wildman–Crippen MR) is 105 cm³/mol. The van der Waals surface area contributed by atoms with Crippen LogP contribution in [0.4, 0.5) is 0 Å². The van der Waals surface area contributed by atoms with Gasteiger partial charge in [-0.05, 0) is 69.1 Å². The van der Waals surface area contributed by atoms with Gasteiger partial charge in [-0.25, -0.2) is 0 Å². The molecule has 0 N–H and O–H groups in total. The number of carbonyl (C=O) groups excluding carboxylic acids is 1. The van der Waals surface area contributed by atoms with Crippen LogP contribution in [0.3, 0.4) is 0 Å². The molecular weight excluding hydrogens is 344 g/mol. The lowest BCUT2D eigenvalue weighted by Crippen LogP contribution is -2.37. The van der Waals surface area contributed by atoms with Gasteiger partial charge in [0.05, 0.1) is 4.88 Å². The van der Waals surface area contributed by atoms with Crippen molar-refractivity contribution in [1.82, 2.24) is 19.6 Å². The number of nitrogens with zero attached hydrogens (tertiary/aromatic N) is 4. The van der Waals surface area contributed by atoms with Crippen LogP contribution in [0, 0.1) is 11.8 Å². The van der Waals surface area contributed by atoms with Crippen molar-refractivity contribution in [3.63, 3.8) is 0 Å². The quantitative estimate of drug-likeness (QED) is 0.827. The predicted octanol–water partition coefficient (Wildman–Crippen LogP) is 3.34. The summed E-state index contributed by atoms with van der Waals surface area (Å²) in [6.45, 7) is 0. The number of aromatic nitrogens is 2. The molecule has 4 atom stereocenters. The first-order chi connectivity index (χ1) is 12.4.